The van der Waals surface area contributed by atoms with Crippen LogP contribution in [-0.4, -0.2) is 11.3 Å². The molecule has 2 nitrogen and oxygen atoms in total. The van der Waals surface area contributed by atoms with Crippen LogP contribution < -0.4 is 0 Å². The summed E-state index contributed by atoms with van der Waals surface area (Å²) in [5.41, 5.74) is 0.992. The van der Waals surface area contributed by atoms with Crippen molar-refractivity contribution in [2.45, 2.75) is 12.5 Å². The average Bonchev–Trinajstić information content (AvgIpc) is 2.29. The summed E-state index contributed by atoms with van der Waals surface area (Å²) in [7, 11) is 0. The number of carbonyl (C=O) groups is 1. The van der Waals surface area contributed by atoms with Crippen molar-refractivity contribution in [3.63, 3.8) is 0 Å². The molecule has 0 radical (unpaired) electrons. The Morgan fingerprint density at radius 2 is 2.13 bits per heavy atom. The molecule has 0 spiro atoms. The Balaban J connectivity index is 2.74. The van der Waals surface area contributed by atoms with Gasteiger partial charge in [-0.15, -0.1) is 6.58 Å². The average molecular weight is 269 g/mol. The van der Waals surface area contributed by atoms with Gasteiger partial charge in [0.25, 0.3) is 0 Å². The van der Waals surface area contributed by atoms with Gasteiger partial charge in [0.15, 0.2) is 0 Å². The van der Waals surface area contributed by atoms with Gasteiger partial charge in [-0.1, -0.05) is 52.3 Å². The molecule has 0 fully saturated rings. The van der Waals surface area contributed by atoms with Crippen molar-refractivity contribution in [3.8, 4) is 0 Å². The van der Waals surface area contributed by atoms with E-state index in [2.05, 4.69) is 22.5 Å². The molecule has 0 N–H and O–H groups in total. The summed E-state index contributed by atoms with van der Waals surface area (Å²) >= 11 is 3.07. The van der Waals surface area contributed by atoms with Gasteiger partial charge in [-0.3, -0.25) is 4.79 Å². The Morgan fingerprint density at radius 3 is 2.67 bits per heavy atom. The van der Waals surface area contributed by atoms with E-state index in [1.54, 1.807) is 6.08 Å². The fourth-order valence-electron chi connectivity index (χ4n) is 1.26. The summed E-state index contributed by atoms with van der Waals surface area (Å²) in [6, 6.07) is 9.66. The molecule has 80 valence electrons. The largest absolute Gasteiger partial charge is 0.457 e. The standard InChI is InChI=1S/C12H13BrO2/c1-2-6-11(15-12(14)9-13)10-7-4-3-5-8-10/h2-5,7-8,11H,1,6,9H2/t11-/m0/s1. The van der Waals surface area contributed by atoms with Crippen molar-refractivity contribution in [1.29, 1.82) is 0 Å². The first-order chi connectivity index (χ1) is 7.27. The highest BCUT2D eigenvalue weighted by Gasteiger charge is 2.13. The van der Waals surface area contributed by atoms with Gasteiger partial charge < -0.3 is 4.74 Å². The lowest BCUT2D eigenvalue weighted by molar-refractivity contribution is -0.145. The van der Waals surface area contributed by atoms with Gasteiger partial charge in [0.05, 0.1) is 0 Å². The topological polar surface area (TPSA) is 26.3 Å². The number of carbonyl (C=O) groups excluding carboxylic acids is 1. The molecule has 3 heteroatoms. The van der Waals surface area contributed by atoms with Crippen LogP contribution in [0.25, 0.3) is 0 Å². The van der Waals surface area contributed by atoms with Crippen molar-refractivity contribution < 1.29 is 9.53 Å². The summed E-state index contributed by atoms with van der Waals surface area (Å²) in [6.07, 6.45) is 2.15. The molecule has 0 aromatic heterocycles. The van der Waals surface area contributed by atoms with E-state index in [-0.39, 0.29) is 17.4 Å². The molecular formula is C12H13BrO2. The van der Waals surface area contributed by atoms with Crippen LogP contribution in [0.2, 0.25) is 0 Å². The molecule has 0 bridgehead atoms. The van der Waals surface area contributed by atoms with Crippen LogP contribution >= 0.6 is 15.9 Å². The number of hydrogen-bond donors (Lipinski definition) is 0. The molecule has 0 aliphatic carbocycles. The normalized spacial score (nSPS) is 11.8. The van der Waals surface area contributed by atoms with E-state index in [1.807, 2.05) is 30.3 Å². The molecule has 0 amide bonds. The predicted octanol–water partition coefficient (Wildman–Crippen LogP) is 3.24. The first kappa shape index (κ1) is 12.0. The Labute approximate surface area is 98.1 Å². The zero-order valence-electron chi connectivity index (χ0n) is 8.36. The van der Waals surface area contributed by atoms with E-state index in [4.69, 9.17) is 4.74 Å². The second-order valence-corrected chi connectivity index (χ2v) is 3.61. The molecule has 0 aliphatic heterocycles. The summed E-state index contributed by atoms with van der Waals surface area (Å²) in [6.45, 7) is 3.66. The van der Waals surface area contributed by atoms with E-state index in [1.165, 1.54) is 0 Å². The van der Waals surface area contributed by atoms with Crippen molar-refractivity contribution in [2.75, 3.05) is 5.33 Å². The van der Waals surface area contributed by atoms with Crippen LogP contribution in [0.4, 0.5) is 0 Å². The molecule has 1 aromatic rings. The van der Waals surface area contributed by atoms with Gasteiger partial charge in [-0.25, -0.2) is 0 Å². The zero-order valence-corrected chi connectivity index (χ0v) is 9.94. The van der Waals surface area contributed by atoms with Gasteiger partial charge >= 0.3 is 5.97 Å². The number of esters is 1. The number of halogens is 1. The van der Waals surface area contributed by atoms with Crippen molar-refractivity contribution in [1.82, 2.24) is 0 Å². The zero-order chi connectivity index (χ0) is 11.1. The summed E-state index contributed by atoms with van der Waals surface area (Å²) in [5, 5.41) is 0.216. The van der Waals surface area contributed by atoms with Crippen molar-refractivity contribution >= 4 is 21.9 Å². The van der Waals surface area contributed by atoms with Crippen LogP contribution in [0.1, 0.15) is 18.1 Å². The second-order valence-electron chi connectivity index (χ2n) is 3.05. The molecule has 1 atom stereocenters. The third-order valence-corrected chi connectivity index (χ3v) is 2.39. The van der Waals surface area contributed by atoms with Gasteiger partial charge in [-0.05, 0) is 5.56 Å². The number of alkyl halides is 1. The van der Waals surface area contributed by atoms with Crippen molar-refractivity contribution in [3.05, 3.63) is 48.6 Å². The highest BCUT2D eigenvalue weighted by atomic mass is 79.9. The van der Waals surface area contributed by atoms with E-state index < -0.39 is 0 Å². The number of rotatable bonds is 5. The highest BCUT2D eigenvalue weighted by molar-refractivity contribution is 9.09. The van der Waals surface area contributed by atoms with Crippen LogP contribution in [-0.2, 0) is 9.53 Å². The lowest BCUT2D eigenvalue weighted by Crippen LogP contribution is -2.11. The lowest BCUT2D eigenvalue weighted by Gasteiger charge is -2.15. The molecule has 0 heterocycles. The minimum atomic E-state index is -0.259. The number of benzene rings is 1. The predicted molar refractivity (Wildman–Crippen MR) is 63.9 cm³/mol. The first-order valence-corrected chi connectivity index (χ1v) is 5.81. The number of ether oxygens (including phenoxy) is 1. The SMILES string of the molecule is C=CC[C@H](OC(=O)CBr)c1ccccc1. The van der Waals surface area contributed by atoms with Crippen LogP contribution in [0, 0.1) is 0 Å². The van der Waals surface area contributed by atoms with Crippen LogP contribution in [0.15, 0.2) is 43.0 Å². The maximum atomic E-state index is 11.2. The van der Waals surface area contributed by atoms with E-state index >= 15 is 0 Å². The van der Waals surface area contributed by atoms with Gasteiger partial charge in [0.1, 0.15) is 11.4 Å². The summed E-state index contributed by atoms with van der Waals surface area (Å²) < 4.78 is 5.27. The summed E-state index contributed by atoms with van der Waals surface area (Å²) in [5.74, 6) is -0.259. The quantitative estimate of drug-likeness (QED) is 0.466. The fourth-order valence-corrected chi connectivity index (χ4v) is 1.39. The van der Waals surface area contributed by atoms with E-state index in [0.717, 1.165) is 5.56 Å². The fraction of sp³-hybridized carbons (Fsp3) is 0.250. The third-order valence-electron chi connectivity index (χ3n) is 1.93. The lowest BCUT2D eigenvalue weighted by atomic mass is 10.1. The molecular weight excluding hydrogens is 256 g/mol. The smallest absolute Gasteiger partial charge is 0.317 e. The molecule has 0 unspecified atom stereocenters. The van der Waals surface area contributed by atoms with Gasteiger partial charge in [0, 0.05) is 6.42 Å². The maximum absolute atomic E-state index is 11.2. The third kappa shape index (κ3) is 3.88. The summed E-state index contributed by atoms with van der Waals surface area (Å²) in [4.78, 5) is 11.2. The molecule has 0 saturated carbocycles. The van der Waals surface area contributed by atoms with Crippen LogP contribution in [0.5, 0.6) is 0 Å². The first-order valence-electron chi connectivity index (χ1n) is 4.69. The van der Waals surface area contributed by atoms with Crippen molar-refractivity contribution in [2.24, 2.45) is 0 Å². The van der Waals surface area contributed by atoms with Crippen LogP contribution in [0.3, 0.4) is 0 Å². The Bertz CT molecular complexity index is 322. The second kappa shape index (κ2) is 6.40. The minimum absolute atomic E-state index is 0.216. The Kier molecular flexibility index (Phi) is 5.12. The monoisotopic (exact) mass is 268 g/mol. The van der Waals surface area contributed by atoms with Gasteiger partial charge in [-0.2, -0.15) is 0 Å². The highest BCUT2D eigenvalue weighted by Crippen LogP contribution is 2.21. The Morgan fingerprint density at radius 1 is 1.47 bits per heavy atom. The molecule has 0 aliphatic rings. The van der Waals surface area contributed by atoms with E-state index in [0.29, 0.717) is 6.42 Å². The molecule has 15 heavy (non-hydrogen) atoms. The van der Waals surface area contributed by atoms with E-state index in [9.17, 15) is 4.79 Å². The van der Waals surface area contributed by atoms with Gasteiger partial charge in [0.2, 0.25) is 0 Å². The molecule has 0 saturated heterocycles. The minimum Gasteiger partial charge on any atom is -0.457 e. The molecule has 1 rings (SSSR count). The maximum Gasteiger partial charge on any atom is 0.317 e. The molecule has 1 aromatic carbocycles. The number of hydrogen-bond acceptors (Lipinski definition) is 2. The Hall–Kier alpha value is -1.09.